The predicted molar refractivity (Wildman–Crippen MR) is 71.9 cm³/mol. The molecule has 2 heterocycles. The maximum atomic E-state index is 11.1. The van der Waals surface area contributed by atoms with E-state index in [2.05, 4.69) is 37.5 Å². The first-order valence-corrected chi connectivity index (χ1v) is 5.97. The van der Waals surface area contributed by atoms with Crippen molar-refractivity contribution in [2.24, 2.45) is 0 Å². The van der Waals surface area contributed by atoms with Crippen molar-refractivity contribution in [1.29, 1.82) is 0 Å². The number of nitrogens with one attached hydrogen (secondary N) is 2. The fraction of sp³-hybridized carbons (Fsp3) is 0. The highest BCUT2D eigenvalue weighted by Crippen LogP contribution is 2.28. The first-order chi connectivity index (χ1) is 7.65. The van der Waals surface area contributed by atoms with Crippen LogP contribution < -0.4 is 5.69 Å². The van der Waals surface area contributed by atoms with Crippen molar-refractivity contribution in [2.45, 2.75) is 0 Å². The van der Waals surface area contributed by atoms with Crippen molar-refractivity contribution < 1.29 is 0 Å². The lowest BCUT2D eigenvalue weighted by atomic mass is 10.2. The topological polar surface area (TPSA) is 61.5 Å². The molecule has 0 bridgehead atoms. The number of rotatable bonds is 0. The van der Waals surface area contributed by atoms with Gasteiger partial charge >= 0.3 is 5.69 Å². The lowest BCUT2D eigenvalue weighted by Gasteiger charge is -2.01. The Morgan fingerprint density at radius 3 is 2.94 bits per heavy atom. The van der Waals surface area contributed by atoms with Crippen LogP contribution in [0.4, 0.5) is 0 Å². The number of hydrogen-bond donors (Lipinski definition) is 2. The van der Waals surface area contributed by atoms with Crippen molar-refractivity contribution in [3.8, 4) is 0 Å². The molecule has 2 N–H and O–H groups in total. The fourth-order valence-corrected chi connectivity index (χ4v) is 2.32. The molecule has 0 aliphatic rings. The molecule has 0 fully saturated rings. The summed E-state index contributed by atoms with van der Waals surface area (Å²) < 4.78 is 0.964. The minimum Gasteiger partial charge on any atom is -0.304 e. The van der Waals surface area contributed by atoms with Crippen LogP contribution in [0.1, 0.15) is 0 Å². The molecular formula is C10H5ClIN3O. The van der Waals surface area contributed by atoms with Crippen LogP contribution >= 0.6 is 34.2 Å². The molecular weight excluding hydrogens is 340 g/mol. The highest BCUT2D eigenvalue weighted by Gasteiger charge is 2.07. The molecule has 0 aliphatic carbocycles. The zero-order valence-electron chi connectivity index (χ0n) is 7.84. The van der Waals surface area contributed by atoms with Gasteiger partial charge in [-0.3, -0.25) is 4.98 Å². The van der Waals surface area contributed by atoms with Crippen molar-refractivity contribution in [3.05, 3.63) is 37.3 Å². The van der Waals surface area contributed by atoms with Crippen LogP contribution in [-0.4, -0.2) is 15.0 Å². The Labute approximate surface area is 108 Å². The number of H-pyrrole nitrogens is 2. The zero-order chi connectivity index (χ0) is 11.3. The molecule has 3 aromatic rings. The number of aromatic nitrogens is 3. The van der Waals surface area contributed by atoms with E-state index < -0.39 is 0 Å². The Morgan fingerprint density at radius 2 is 2.12 bits per heavy atom. The van der Waals surface area contributed by atoms with Gasteiger partial charge in [0.1, 0.15) is 0 Å². The highest BCUT2D eigenvalue weighted by atomic mass is 127. The second kappa shape index (κ2) is 3.46. The summed E-state index contributed by atoms with van der Waals surface area (Å²) in [6, 6.07) is 5.61. The minimum atomic E-state index is -0.261. The quantitative estimate of drug-likeness (QED) is 0.615. The molecule has 6 heteroatoms. The number of nitrogens with zero attached hydrogens (tertiary/aromatic N) is 1. The standard InChI is InChI=1S/C10H5ClIN3O/c11-8-4-3-7-9(15-10(16)14-7)13-6(4)2-1-5(8)12/h1-3H,(H2,13,14,15,16). The summed E-state index contributed by atoms with van der Waals surface area (Å²) in [5.74, 6) is 0. The van der Waals surface area contributed by atoms with E-state index in [-0.39, 0.29) is 5.69 Å². The van der Waals surface area contributed by atoms with Crippen LogP contribution in [0.25, 0.3) is 22.1 Å². The normalized spacial score (nSPS) is 11.4. The van der Waals surface area contributed by atoms with Gasteiger partial charge in [0, 0.05) is 8.96 Å². The zero-order valence-corrected chi connectivity index (χ0v) is 10.8. The Hall–Kier alpha value is -1.08. The van der Waals surface area contributed by atoms with Crippen LogP contribution in [0.15, 0.2) is 23.0 Å². The van der Waals surface area contributed by atoms with Crippen LogP contribution in [0.5, 0.6) is 0 Å². The van der Waals surface area contributed by atoms with E-state index in [0.29, 0.717) is 16.2 Å². The van der Waals surface area contributed by atoms with Gasteiger partial charge in [-0.2, -0.15) is 0 Å². The molecule has 0 aliphatic heterocycles. The monoisotopic (exact) mass is 345 g/mol. The molecule has 0 atom stereocenters. The number of fused-ring (bicyclic) bond motifs is 2. The van der Waals surface area contributed by atoms with Crippen LogP contribution in [0.3, 0.4) is 0 Å². The summed E-state index contributed by atoms with van der Waals surface area (Å²) in [4.78, 5) is 20.7. The maximum Gasteiger partial charge on any atom is 0.325 e. The van der Waals surface area contributed by atoms with Gasteiger partial charge in [0.15, 0.2) is 5.65 Å². The molecule has 0 unspecified atom stereocenters. The molecule has 80 valence electrons. The van der Waals surface area contributed by atoms with Gasteiger partial charge < -0.3 is 4.98 Å². The third kappa shape index (κ3) is 1.42. The van der Waals surface area contributed by atoms with E-state index in [1.165, 1.54) is 0 Å². The van der Waals surface area contributed by atoms with E-state index in [0.717, 1.165) is 14.5 Å². The third-order valence-corrected chi connectivity index (χ3v) is 3.99. The highest BCUT2D eigenvalue weighted by molar-refractivity contribution is 14.1. The van der Waals surface area contributed by atoms with Gasteiger partial charge in [0.25, 0.3) is 0 Å². The summed E-state index contributed by atoms with van der Waals surface area (Å²) in [5, 5.41) is 1.51. The minimum absolute atomic E-state index is 0.261. The number of aromatic amines is 2. The molecule has 4 nitrogen and oxygen atoms in total. The molecule has 16 heavy (non-hydrogen) atoms. The largest absolute Gasteiger partial charge is 0.325 e. The number of imidazole rings is 1. The summed E-state index contributed by atoms with van der Waals surface area (Å²) in [6.07, 6.45) is 0. The maximum absolute atomic E-state index is 11.1. The first-order valence-electron chi connectivity index (χ1n) is 4.52. The summed E-state index contributed by atoms with van der Waals surface area (Å²) in [7, 11) is 0. The average Bonchev–Trinajstić information content (AvgIpc) is 2.61. The number of pyridine rings is 1. The molecule has 0 saturated heterocycles. The molecule has 1 aromatic carbocycles. The number of hydrogen-bond acceptors (Lipinski definition) is 2. The van der Waals surface area contributed by atoms with Crippen LogP contribution in [0, 0.1) is 3.57 Å². The Balaban J connectivity index is 2.55. The summed E-state index contributed by atoms with van der Waals surface area (Å²) >= 11 is 8.35. The SMILES string of the molecule is O=c1[nH]c2cc3c(Cl)c(I)ccc3nc2[nH]1. The van der Waals surface area contributed by atoms with Gasteiger partial charge in [0.05, 0.1) is 16.1 Å². The van der Waals surface area contributed by atoms with Gasteiger partial charge in [-0.1, -0.05) is 11.6 Å². The molecule has 0 saturated carbocycles. The van der Waals surface area contributed by atoms with Crippen LogP contribution in [-0.2, 0) is 0 Å². The second-order valence-electron chi connectivity index (χ2n) is 3.39. The predicted octanol–water partition coefficient (Wildman–Crippen LogP) is 2.66. The van der Waals surface area contributed by atoms with Crippen molar-refractivity contribution in [2.75, 3.05) is 0 Å². The van der Waals surface area contributed by atoms with Crippen molar-refractivity contribution in [1.82, 2.24) is 15.0 Å². The van der Waals surface area contributed by atoms with Gasteiger partial charge in [-0.05, 0) is 40.8 Å². The molecule has 3 rings (SSSR count). The second-order valence-corrected chi connectivity index (χ2v) is 4.93. The average molecular weight is 346 g/mol. The van der Waals surface area contributed by atoms with Gasteiger partial charge in [-0.25, -0.2) is 9.78 Å². The third-order valence-electron chi connectivity index (χ3n) is 2.37. The van der Waals surface area contributed by atoms with Crippen molar-refractivity contribution in [3.63, 3.8) is 0 Å². The Kier molecular flexibility index (Phi) is 2.18. The number of halogens is 2. The fourth-order valence-electron chi connectivity index (χ4n) is 1.64. The van der Waals surface area contributed by atoms with Gasteiger partial charge in [-0.15, -0.1) is 0 Å². The van der Waals surface area contributed by atoms with Gasteiger partial charge in [0.2, 0.25) is 0 Å². The van der Waals surface area contributed by atoms with E-state index in [1.807, 2.05) is 18.2 Å². The molecule has 0 spiro atoms. The van der Waals surface area contributed by atoms with Crippen LogP contribution in [0.2, 0.25) is 5.02 Å². The van der Waals surface area contributed by atoms with E-state index >= 15 is 0 Å². The lowest BCUT2D eigenvalue weighted by molar-refractivity contribution is 1.20. The molecule has 2 aromatic heterocycles. The summed E-state index contributed by atoms with van der Waals surface area (Å²) in [5.41, 5.74) is 1.73. The lowest BCUT2D eigenvalue weighted by Crippen LogP contribution is -1.99. The summed E-state index contributed by atoms with van der Waals surface area (Å²) in [6.45, 7) is 0. The Bertz CT molecular complexity index is 762. The van der Waals surface area contributed by atoms with E-state index in [1.54, 1.807) is 0 Å². The van der Waals surface area contributed by atoms with E-state index in [9.17, 15) is 4.79 Å². The first kappa shape index (κ1) is 10.1. The smallest absolute Gasteiger partial charge is 0.304 e. The van der Waals surface area contributed by atoms with E-state index in [4.69, 9.17) is 11.6 Å². The number of benzene rings is 1. The molecule has 0 radical (unpaired) electrons. The Morgan fingerprint density at radius 1 is 1.31 bits per heavy atom. The molecule has 0 amide bonds. The van der Waals surface area contributed by atoms with Crippen molar-refractivity contribution >= 4 is 56.3 Å².